The van der Waals surface area contributed by atoms with Gasteiger partial charge in [-0.3, -0.25) is 32.7 Å². The van der Waals surface area contributed by atoms with E-state index < -0.39 is 70.9 Å². The maximum absolute atomic E-state index is 13.1. The summed E-state index contributed by atoms with van der Waals surface area (Å²) in [5.74, 6) is -0.523. The summed E-state index contributed by atoms with van der Waals surface area (Å²) in [5.41, 5.74) is -1.04. The Bertz CT molecular complexity index is 1050. The van der Waals surface area contributed by atoms with Gasteiger partial charge in [0.15, 0.2) is 0 Å². The fourth-order valence-corrected chi connectivity index (χ4v) is 5.00. The number of ether oxygens (including phenoxy) is 2. The number of nitrogens with one attached hydrogen (secondary N) is 1. The first-order valence-electron chi connectivity index (χ1n) is 10.4. The topological polar surface area (TPSA) is 135 Å². The molecule has 0 aliphatic carbocycles. The van der Waals surface area contributed by atoms with E-state index in [0.717, 1.165) is 4.57 Å². The summed E-state index contributed by atoms with van der Waals surface area (Å²) in [7, 11) is -4.50. The van der Waals surface area contributed by atoms with Crippen molar-refractivity contribution in [1.82, 2.24) is 9.55 Å². The number of esters is 1. The zero-order valence-electron chi connectivity index (χ0n) is 18.9. The minimum atomic E-state index is -4.50. The third-order valence-corrected chi connectivity index (χ3v) is 6.55. The van der Waals surface area contributed by atoms with E-state index in [9.17, 15) is 18.9 Å². The molecule has 0 amide bonds. The van der Waals surface area contributed by atoms with Crippen LogP contribution in [0, 0.1) is 6.92 Å². The molecule has 3 atom stereocenters. The highest BCUT2D eigenvalue weighted by atomic mass is 35.6. The van der Waals surface area contributed by atoms with Gasteiger partial charge in [-0.05, 0) is 13.3 Å². The standard InChI is InChI=1S/C18H23Cl6N2O9P/c1-3-4-14(27)35-11-5-13(26-6-10(2)15(28)25-16(26)29)34-12(11)7-31-36(30,32-8-17(19,20)21)33-9-18(22,23)24/h6,11-13H,3-5,7-9H2,1-2H3,(H,25,28,29)/t11-,12+,13+/m0/s1. The van der Waals surface area contributed by atoms with Crippen LogP contribution in [0.5, 0.6) is 0 Å². The van der Waals surface area contributed by atoms with Crippen molar-refractivity contribution in [3.63, 3.8) is 0 Å². The van der Waals surface area contributed by atoms with Gasteiger partial charge in [-0.15, -0.1) is 0 Å². The lowest BCUT2D eigenvalue weighted by Crippen LogP contribution is -2.33. The molecule has 0 radical (unpaired) electrons. The van der Waals surface area contributed by atoms with Crippen LogP contribution < -0.4 is 11.2 Å². The predicted molar refractivity (Wildman–Crippen MR) is 135 cm³/mol. The summed E-state index contributed by atoms with van der Waals surface area (Å²) in [6.07, 6.45) is -0.949. The summed E-state index contributed by atoms with van der Waals surface area (Å²) in [4.78, 5) is 38.4. The zero-order chi connectivity index (χ0) is 27.3. The van der Waals surface area contributed by atoms with E-state index in [4.69, 9.17) is 92.7 Å². The van der Waals surface area contributed by atoms with Crippen molar-refractivity contribution in [1.29, 1.82) is 0 Å². The minimum absolute atomic E-state index is 0.0171. The highest BCUT2D eigenvalue weighted by molar-refractivity contribution is 7.48. The molecule has 0 bridgehead atoms. The van der Waals surface area contributed by atoms with Crippen LogP contribution in [0.25, 0.3) is 0 Å². The first kappa shape index (κ1) is 32.2. The number of aromatic nitrogens is 2. The van der Waals surface area contributed by atoms with E-state index in [1.165, 1.54) is 13.1 Å². The molecule has 0 unspecified atom stereocenters. The SMILES string of the molecule is CCCC(=O)O[C@H]1C[C@H](n2cc(C)c(=O)[nH]c2=O)O[C@@H]1COP(=O)(OCC(Cl)(Cl)Cl)OCC(Cl)(Cl)Cl. The highest BCUT2D eigenvalue weighted by Gasteiger charge is 2.42. The van der Waals surface area contributed by atoms with Gasteiger partial charge in [0, 0.05) is 24.6 Å². The second-order valence-corrected chi connectivity index (χ2v) is 14.3. The Morgan fingerprint density at radius 1 is 1.14 bits per heavy atom. The quantitative estimate of drug-likeness (QED) is 0.204. The number of hydrogen-bond donors (Lipinski definition) is 1. The Kier molecular flexibility index (Phi) is 11.9. The number of carbonyl (C=O) groups excluding carboxylic acids is 1. The van der Waals surface area contributed by atoms with Crippen LogP contribution in [0.1, 0.15) is 38.0 Å². The number of phosphoric acid groups is 1. The van der Waals surface area contributed by atoms with Gasteiger partial charge in [-0.25, -0.2) is 9.36 Å². The fraction of sp³-hybridized carbons (Fsp3) is 0.722. The van der Waals surface area contributed by atoms with Crippen LogP contribution in [-0.2, 0) is 32.4 Å². The van der Waals surface area contributed by atoms with Gasteiger partial charge in [-0.1, -0.05) is 76.5 Å². The molecule has 1 aromatic heterocycles. The molecular weight excluding hydrogens is 632 g/mol. The average molecular weight is 655 g/mol. The number of rotatable bonds is 11. The van der Waals surface area contributed by atoms with Crippen LogP contribution >= 0.6 is 77.4 Å². The molecule has 206 valence electrons. The van der Waals surface area contributed by atoms with Crippen LogP contribution in [0.15, 0.2) is 15.8 Å². The van der Waals surface area contributed by atoms with Crippen LogP contribution in [0.3, 0.4) is 0 Å². The van der Waals surface area contributed by atoms with Crippen LogP contribution in [-0.4, -0.2) is 55.1 Å². The number of hydrogen-bond acceptors (Lipinski definition) is 9. The number of carbonyl (C=O) groups is 1. The van der Waals surface area contributed by atoms with E-state index >= 15 is 0 Å². The largest absolute Gasteiger partial charge is 0.475 e. The Morgan fingerprint density at radius 3 is 2.25 bits per heavy atom. The Balaban J connectivity index is 2.24. The van der Waals surface area contributed by atoms with Gasteiger partial charge in [0.2, 0.25) is 7.59 Å². The molecule has 2 rings (SSSR count). The summed E-state index contributed by atoms with van der Waals surface area (Å²) in [6, 6.07) is 0. The second-order valence-electron chi connectivity index (χ2n) is 7.64. The maximum atomic E-state index is 13.1. The average Bonchev–Trinajstić information content (AvgIpc) is 3.13. The third-order valence-electron chi connectivity index (χ3n) is 4.54. The number of alkyl halides is 6. The zero-order valence-corrected chi connectivity index (χ0v) is 24.3. The molecular formula is C18H23Cl6N2O9P. The maximum Gasteiger partial charge on any atom is 0.475 e. The lowest BCUT2D eigenvalue weighted by atomic mass is 10.2. The van der Waals surface area contributed by atoms with Crippen LogP contribution in [0.2, 0.25) is 0 Å². The smallest absolute Gasteiger partial charge is 0.459 e. The molecule has 1 saturated heterocycles. The predicted octanol–water partition coefficient (Wildman–Crippen LogP) is 4.74. The molecule has 0 spiro atoms. The normalized spacial score (nSPS) is 21.1. The van der Waals surface area contributed by atoms with E-state index in [2.05, 4.69) is 4.98 Å². The van der Waals surface area contributed by atoms with Gasteiger partial charge in [0.1, 0.15) is 31.6 Å². The minimum Gasteiger partial charge on any atom is -0.459 e. The molecule has 0 saturated carbocycles. The number of phosphoric ester groups is 1. The molecule has 2 heterocycles. The van der Waals surface area contributed by atoms with Crippen molar-refractivity contribution in [2.75, 3.05) is 19.8 Å². The molecule has 1 fully saturated rings. The fourth-order valence-electron chi connectivity index (χ4n) is 2.96. The van der Waals surface area contributed by atoms with Crippen molar-refractivity contribution in [3.8, 4) is 0 Å². The van der Waals surface area contributed by atoms with Crippen molar-refractivity contribution in [2.24, 2.45) is 0 Å². The van der Waals surface area contributed by atoms with E-state index in [0.29, 0.717) is 6.42 Å². The van der Waals surface area contributed by atoms with Crippen molar-refractivity contribution in [2.45, 2.75) is 59.1 Å². The van der Waals surface area contributed by atoms with Gasteiger partial charge in [0.25, 0.3) is 5.56 Å². The summed E-state index contributed by atoms with van der Waals surface area (Å²) in [5, 5.41) is 0. The number of halogens is 6. The summed E-state index contributed by atoms with van der Waals surface area (Å²) in [6.45, 7) is 1.37. The molecule has 11 nitrogen and oxygen atoms in total. The van der Waals surface area contributed by atoms with E-state index in [1.807, 2.05) is 0 Å². The number of aryl methyl sites for hydroxylation is 1. The van der Waals surface area contributed by atoms with Crippen molar-refractivity contribution < 1.29 is 32.4 Å². The van der Waals surface area contributed by atoms with Crippen LogP contribution in [0.4, 0.5) is 0 Å². The lowest BCUT2D eigenvalue weighted by Gasteiger charge is -2.24. The van der Waals surface area contributed by atoms with E-state index in [-0.39, 0.29) is 18.4 Å². The van der Waals surface area contributed by atoms with Crippen molar-refractivity contribution >= 4 is 83.4 Å². The van der Waals surface area contributed by atoms with Gasteiger partial charge in [-0.2, -0.15) is 0 Å². The van der Waals surface area contributed by atoms with Crippen molar-refractivity contribution in [3.05, 3.63) is 32.6 Å². The van der Waals surface area contributed by atoms with Gasteiger partial charge < -0.3 is 9.47 Å². The third kappa shape index (κ3) is 10.6. The monoisotopic (exact) mass is 652 g/mol. The molecule has 1 aromatic rings. The molecule has 18 heteroatoms. The summed E-state index contributed by atoms with van der Waals surface area (Å²) < 4.78 is 37.0. The Morgan fingerprint density at radius 2 is 1.72 bits per heavy atom. The Hall–Kier alpha value is -0.0400. The first-order valence-corrected chi connectivity index (χ1v) is 14.1. The molecule has 1 aliphatic heterocycles. The number of nitrogens with zero attached hydrogens (tertiary/aromatic N) is 1. The molecule has 1 aliphatic rings. The van der Waals surface area contributed by atoms with Gasteiger partial charge >= 0.3 is 19.5 Å². The first-order chi connectivity index (χ1) is 16.5. The molecule has 36 heavy (non-hydrogen) atoms. The van der Waals surface area contributed by atoms with E-state index in [1.54, 1.807) is 6.92 Å². The molecule has 0 aromatic carbocycles. The number of H-pyrrole nitrogens is 1. The molecule has 1 N–H and O–H groups in total. The Labute approximate surface area is 236 Å². The highest BCUT2D eigenvalue weighted by Crippen LogP contribution is 2.53. The number of aromatic amines is 1. The summed E-state index contributed by atoms with van der Waals surface area (Å²) >= 11 is 33.9. The lowest BCUT2D eigenvalue weighted by molar-refractivity contribution is -0.153. The second kappa shape index (κ2) is 13.3. The van der Waals surface area contributed by atoms with Gasteiger partial charge in [0.05, 0.1) is 6.61 Å².